The SMILES string of the molecule is CC1Cc2ccccc2N1CCNC1=NCCN1C. The zero-order valence-electron chi connectivity index (χ0n) is 11.8. The van der Waals surface area contributed by atoms with E-state index in [0.29, 0.717) is 6.04 Å². The van der Waals surface area contributed by atoms with Crippen molar-refractivity contribution < 1.29 is 0 Å². The van der Waals surface area contributed by atoms with E-state index in [-0.39, 0.29) is 0 Å². The Kier molecular flexibility index (Phi) is 3.32. The summed E-state index contributed by atoms with van der Waals surface area (Å²) in [5, 5.41) is 3.44. The Hall–Kier alpha value is -1.71. The summed E-state index contributed by atoms with van der Waals surface area (Å²) < 4.78 is 0. The fourth-order valence-electron chi connectivity index (χ4n) is 2.98. The van der Waals surface area contributed by atoms with Gasteiger partial charge in [-0.15, -0.1) is 0 Å². The second-order valence-corrected chi connectivity index (χ2v) is 5.43. The maximum absolute atomic E-state index is 4.46. The molecule has 19 heavy (non-hydrogen) atoms. The van der Waals surface area contributed by atoms with Gasteiger partial charge in [0, 0.05) is 38.4 Å². The smallest absolute Gasteiger partial charge is 0.193 e. The van der Waals surface area contributed by atoms with Crippen LogP contribution in [-0.2, 0) is 6.42 Å². The number of rotatable bonds is 3. The molecule has 4 heteroatoms. The zero-order valence-corrected chi connectivity index (χ0v) is 11.8. The number of nitrogens with zero attached hydrogens (tertiary/aromatic N) is 3. The first-order valence-corrected chi connectivity index (χ1v) is 7.09. The monoisotopic (exact) mass is 258 g/mol. The molecule has 0 aliphatic carbocycles. The lowest BCUT2D eigenvalue weighted by Crippen LogP contribution is -2.41. The molecular weight excluding hydrogens is 236 g/mol. The number of nitrogens with one attached hydrogen (secondary N) is 1. The molecule has 102 valence electrons. The lowest BCUT2D eigenvalue weighted by molar-refractivity contribution is 0.532. The number of likely N-dealkylation sites (N-methyl/N-ethyl adjacent to an activating group) is 1. The van der Waals surface area contributed by atoms with E-state index >= 15 is 0 Å². The second-order valence-electron chi connectivity index (χ2n) is 5.43. The van der Waals surface area contributed by atoms with Crippen molar-refractivity contribution in [2.75, 3.05) is 38.1 Å². The van der Waals surface area contributed by atoms with Crippen LogP contribution in [0, 0.1) is 0 Å². The molecule has 0 bridgehead atoms. The van der Waals surface area contributed by atoms with Crippen LogP contribution in [0.2, 0.25) is 0 Å². The van der Waals surface area contributed by atoms with Gasteiger partial charge in [-0.1, -0.05) is 18.2 Å². The minimum absolute atomic E-state index is 0.599. The van der Waals surface area contributed by atoms with Crippen molar-refractivity contribution in [2.24, 2.45) is 4.99 Å². The number of para-hydroxylation sites is 1. The van der Waals surface area contributed by atoms with Crippen molar-refractivity contribution in [1.82, 2.24) is 10.2 Å². The second kappa shape index (κ2) is 5.11. The molecule has 0 spiro atoms. The van der Waals surface area contributed by atoms with E-state index < -0.39 is 0 Å². The van der Waals surface area contributed by atoms with E-state index in [4.69, 9.17) is 0 Å². The Morgan fingerprint density at radius 1 is 1.37 bits per heavy atom. The minimum atomic E-state index is 0.599. The minimum Gasteiger partial charge on any atom is -0.367 e. The number of hydrogen-bond donors (Lipinski definition) is 1. The topological polar surface area (TPSA) is 30.9 Å². The largest absolute Gasteiger partial charge is 0.367 e. The normalized spacial score (nSPS) is 21.6. The summed E-state index contributed by atoms with van der Waals surface area (Å²) in [6.07, 6.45) is 1.16. The van der Waals surface area contributed by atoms with Gasteiger partial charge < -0.3 is 15.1 Å². The van der Waals surface area contributed by atoms with Crippen LogP contribution in [0.5, 0.6) is 0 Å². The molecule has 3 rings (SSSR count). The highest BCUT2D eigenvalue weighted by Gasteiger charge is 2.25. The molecule has 1 aromatic carbocycles. The molecule has 4 nitrogen and oxygen atoms in total. The highest BCUT2D eigenvalue weighted by molar-refractivity contribution is 5.81. The first kappa shape index (κ1) is 12.3. The molecule has 0 fully saturated rings. The predicted octanol–water partition coefficient (Wildman–Crippen LogP) is 1.33. The van der Waals surface area contributed by atoms with Crippen molar-refractivity contribution in [1.29, 1.82) is 0 Å². The molecule has 1 N–H and O–H groups in total. The van der Waals surface area contributed by atoms with E-state index in [1.54, 1.807) is 0 Å². The molecule has 2 aliphatic heterocycles. The number of hydrogen-bond acceptors (Lipinski definition) is 4. The van der Waals surface area contributed by atoms with Gasteiger partial charge in [0.05, 0.1) is 6.54 Å². The molecule has 1 atom stereocenters. The van der Waals surface area contributed by atoms with Crippen molar-refractivity contribution in [3.05, 3.63) is 29.8 Å². The number of guanidine groups is 1. The molecule has 0 aromatic heterocycles. The molecule has 1 unspecified atom stereocenters. The van der Waals surface area contributed by atoms with E-state index in [9.17, 15) is 0 Å². The Balaban J connectivity index is 1.58. The van der Waals surface area contributed by atoms with Gasteiger partial charge in [-0.3, -0.25) is 4.99 Å². The number of fused-ring (bicyclic) bond motifs is 1. The summed E-state index contributed by atoms with van der Waals surface area (Å²) in [6.45, 7) is 6.24. The van der Waals surface area contributed by atoms with Gasteiger partial charge in [-0.2, -0.15) is 0 Å². The van der Waals surface area contributed by atoms with Crippen LogP contribution >= 0.6 is 0 Å². The predicted molar refractivity (Wildman–Crippen MR) is 79.9 cm³/mol. The Morgan fingerprint density at radius 3 is 3.00 bits per heavy atom. The van der Waals surface area contributed by atoms with Crippen LogP contribution in [0.1, 0.15) is 12.5 Å². The molecule has 2 heterocycles. The number of anilines is 1. The van der Waals surface area contributed by atoms with Crippen molar-refractivity contribution in [2.45, 2.75) is 19.4 Å². The molecule has 0 amide bonds. The lowest BCUT2D eigenvalue weighted by Gasteiger charge is -2.26. The summed E-state index contributed by atoms with van der Waals surface area (Å²) in [5.41, 5.74) is 2.88. The molecule has 0 radical (unpaired) electrons. The molecule has 0 saturated heterocycles. The van der Waals surface area contributed by atoms with Crippen LogP contribution in [0.4, 0.5) is 5.69 Å². The highest BCUT2D eigenvalue weighted by atomic mass is 15.3. The third-order valence-electron chi connectivity index (χ3n) is 4.04. The Bertz CT molecular complexity index is 483. The number of benzene rings is 1. The van der Waals surface area contributed by atoms with Gasteiger partial charge in [-0.05, 0) is 25.0 Å². The fraction of sp³-hybridized carbons (Fsp3) is 0.533. The average molecular weight is 258 g/mol. The molecule has 1 aromatic rings. The van der Waals surface area contributed by atoms with Crippen LogP contribution < -0.4 is 10.2 Å². The molecule has 0 saturated carbocycles. The lowest BCUT2D eigenvalue weighted by atomic mass is 10.1. The van der Waals surface area contributed by atoms with Gasteiger partial charge in [0.15, 0.2) is 5.96 Å². The number of aliphatic imine (C=N–C) groups is 1. The van der Waals surface area contributed by atoms with Gasteiger partial charge >= 0.3 is 0 Å². The highest BCUT2D eigenvalue weighted by Crippen LogP contribution is 2.31. The maximum Gasteiger partial charge on any atom is 0.193 e. The van der Waals surface area contributed by atoms with Crippen molar-refractivity contribution >= 4 is 11.6 Å². The first-order chi connectivity index (χ1) is 9.25. The van der Waals surface area contributed by atoms with E-state index in [1.165, 1.54) is 11.3 Å². The van der Waals surface area contributed by atoms with Crippen LogP contribution in [0.3, 0.4) is 0 Å². The van der Waals surface area contributed by atoms with Crippen LogP contribution in [-0.4, -0.2) is 50.1 Å². The Morgan fingerprint density at radius 2 is 2.21 bits per heavy atom. The van der Waals surface area contributed by atoms with Gasteiger partial charge in [0.1, 0.15) is 0 Å². The summed E-state index contributed by atoms with van der Waals surface area (Å²) in [6, 6.07) is 9.34. The van der Waals surface area contributed by atoms with Gasteiger partial charge in [0.25, 0.3) is 0 Å². The van der Waals surface area contributed by atoms with Crippen molar-refractivity contribution in [3.8, 4) is 0 Å². The average Bonchev–Trinajstić information content (AvgIpc) is 2.94. The van der Waals surface area contributed by atoms with Gasteiger partial charge in [-0.25, -0.2) is 0 Å². The fourth-order valence-corrected chi connectivity index (χ4v) is 2.98. The van der Waals surface area contributed by atoms with E-state index in [2.05, 4.69) is 58.3 Å². The Labute approximate surface area is 115 Å². The van der Waals surface area contributed by atoms with E-state index in [1.807, 2.05) is 0 Å². The first-order valence-electron chi connectivity index (χ1n) is 7.09. The summed E-state index contributed by atoms with van der Waals surface area (Å²) in [4.78, 5) is 9.14. The third kappa shape index (κ3) is 2.39. The molecular formula is C15H22N4. The zero-order chi connectivity index (χ0) is 13.2. The maximum atomic E-state index is 4.46. The quantitative estimate of drug-likeness (QED) is 0.887. The van der Waals surface area contributed by atoms with Crippen molar-refractivity contribution in [3.63, 3.8) is 0 Å². The third-order valence-corrected chi connectivity index (χ3v) is 4.04. The summed E-state index contributed by atoms with van der Waals surface area (Å²) in [5.74, 6) is 1.04. The van der Waals surface area contributed by atoms with Crippen LogP contribution in [0.15, 0.2) is 29.3 Å². The van der Waals surface area contributed by atoms with E-state index in [0.717, 1.165) is 38.6 Å². The van der Waals surface area contributed by atoms with Crippen LogP contribution in [0.25, 0.3) is 0 Å². The summed E-state index contributed by atoms with van der Waals surface area (Å²) >= 11 is 0. The van der Waals surface area contributed by atoms with Gasteiger partial charge in [0.2, 0.25) is 0 Å². The standard InChI is InChI=1S/C15H22N4/c1-12-11-13-5-3-4-6-14(13)19(12)10-8-17-15-16-7-9-18(15)2/h3-6,12H,7-11H2,1-2H3,(H,16,17). The molecule has 2 aliphatic rings. The summed E-state index contributed by atoms with van der Waals surface area (Å²) in [7, 11) is 2.09.